The lowest BCUT2D eigenvalue weighted by Crippen LogP contribution is -2.44. The summed E-state index contributed by atoms with van der Waals surface area (Å²) in [5, 5.41) is 24.0. The second-order valence-corrected chi connectivity index (χ2v) is 9.78. The number of aliphatic hydroxyl groups excluding tert-OH is 1. The molecule has 2 aliphatic rings. The predicted octanol–water partition coefficient (Wildman–Crippen LogP) is 3.85. The molecule has 2 aliphatic heterocycles. The summed E-state index contributed by atoms with van der Waals surface area (Å²) in [5.74, 6) is -0.578. The summed E-state index contributed by atoms with van der Waals surface area (Å²) < 4.78 is 6.86. The number of esters is 1. The standard InChI is InChI=1S/C28H26N2O5/c1-4-28(34)20-10-22-25-18(11-30(22)26(32)19(20)13-35-27(28)33)23(14(2)3)24-17-9-15(12-31)5-6-16(17)7-8-21(24)29-25/h5-10,14,31,34H,4,11-13H2,1-3H3/t28-/m0/s1. The van der Waals surface area contributed by atoms with Gasteiger partial charge in [0, 0.05) is 16.5 Å². The first-order valence-electron chi connectivity index (χ1n) is 11.9. The van der Waals surface area contributed by atoms with Crippen molar-refractivity contribution in [3.8, 4) is 11.4 Å². The highest BCUT2D eigenvalue weighted by molar-refractivity contribution is 6.09. The topological polar surface area (TPSA) is 102 Å². The number of ether oxygens (including phenoxy) is 1. The van der Waals surface area contributed by atoms with Gasteiger partial charge in [-0.3, -0.25) is 4.79 Å². The largest absolute Gasteiger partial charge is 0.458 e. The molecule has 0 amide bonds. The van der Waals surface area contributed by atoms with Crippen LogP contribution in [0.3, 0.4) is 0 Å². The van der Waals surface area contributed by atoms with E-state index in [2.05, 4.69) is 13.8 Å². The molecule has 2 aromatic carbocycles. The number of aromatic nitrogens is 2. The minimum Gasteiger partial charge on any atom is -0.458 e. The van der Waals surface area contributed by atoms with Crippen molar-refractivity contribution in [3.05, 3.63) is 74.6 Å². The molecule has 0 radical (unpaired) electrons. The fraction of sp³-hybridized carbons (Fsp3) is 0.321. The van der Waals surface area contributed by atoms with Gasteiger partial charge in [-0.1, -0.05) is 39.0 Å². The maximum Gasteiger partial charge on any atom is 0.343 e. The van der Waals surface area contributed by atoms with Gasteiger partial charge in [-0.05, 0) is 52.4 Å². The molecule has 1 atom stereocenters. The van der Waals surface area contributed by atoms with Crippen LogP contribution in [0.2, 0.25) is 0 Å². The van der Waals surface area contributed by atoms with Crippen molar-refractivity contribution in [2.75, 3.05) is 0 Å². The monoisotopic (exact) mass is 470 g/mol. The molecule has 2 N–H and O–H groups in total. The van der Waals surface area contributed by atoms with Gasteiger partial charge in [-0.15, -0.1) is 0 Å². The quantitative estimate of drug-likeness (QED) is 0.307. The van der Waals surface area contributed by atoms with Crippen LogP contribution in [0, 0.1) is 0 Å². The van der Waals surface area contributed by atoms with E-state index < -0.39 is 11.6 Å². The predicted molar refractivity (Wildman–Crippen MR) is 132 cm³/mol. The number of fused-ring (bicyclic) bond motifs is 7. The SMILES string of the molecule is CC[C@@]1(O)C(=O)OCc2c1cc1n(c2=O)Cc2c-1nc1ccc3ccc(CO)cc3c1c2C(C)C. The Morgan fingerprint density at radius 1 is 1.14 bits per heavy atom. The average molecular weight is 471 g/mol. The lowest BCUT2D eigenvalue weighted by Gasteiger charge is -2.31. The first-order valence-corrected chi connectivity index (χ1v) is 11.9. The highest BCUT2D eigenvalue weighted by Gasteiger charge is 2.45. The van der Waals surface area contributed by atoms with Crippen LogP contribution in [-0.2, 0) is 34.9 Å². The third-order valence-corrected chi connectivity index (χ3v) is 7.54. The number of pyridine rings is 2. The Morgan fingerprint density at radius 2 is 1.91 bits per heavy atom. The van der Waals surface area contributed by atoms with Crippen LogP contribution in [0.1, 0.15) is 60.9 Å². The molecular weight excluding hydrogens is 444 g/mol. The van der Waals surface area contributed by atoms with Gasteiger partial charge in [0.2, 0.25) is 0 Å². The van der Waals surface area contributed by atoms with Crippen LogP contribution in [0.25, 0.3) is 33.1 Å². The molecule has 0 saturated heterocycles. The summed E-state index contributed by atoms with van der Waals surface area (Å²) in [4.78, 5) is 31.0. The summed E-state index contributed by atoms with van der Waals surface area (Å²) in [5.41, 5.74) is 3.56. The number of hydrogen-bond acceptors (Lipinski definition) is 6. The zero-order chi connectivity index (χ0) is 24.6. The third-order valence-electron chi connectivity index (χ3n) is 7.54. The number of rotatable bonds is 3. The van der Waals surface area contributed by atoms with E-state index in [1.807, 2.05) is 30.3 Å². The van der Waals surface area contributed by atoms with Crippen molar-refractivity contribution in [1.82, 2.24) is 9.55 Å². The molecule has 6 rings (SSSR count). The van der Waals surface area contributed by atoms with Crippen LogP contribution >= 0.6 is 0 Å². The maximum atomic E-state index is 13.6. The number of hydrogen-bond donors (Lipinski definition) is 2. The van der Waals surface area contributed by atoms with Crippen LogP contribution in [0.4, 0.5) is 0 Å². The molecule has 4 heterocycles. The number of carbonyl (C=O) groups excluding carboxylic acids is 1. The maximum absolute atomic E-state index is 13.6. The summed E-state index contributed by atoms with van der Waals surface area (Å²) in [6.07, 6.45) is 0.107. The van der Waals surface area contributed by atoms with Crippen LogP contribution in [0.15, 0.2) is 41.2 Å². The number of benzene rings is 2. The van der Waals surface area contributed by atoms with Gasteiger partial charge < -0.3 is 19.5 Å². The highest BCUT2D eigenvalue weighted by atomic mass is 16.6. The molecule has 0 spiro atoms. The fourth-order valence-electron chi connectivity index (χ4n) is 5.72. The van der Waals surface area contributed by atoms with E-state index in [1.54, 1.807) is 17.6 Å². The lowest BCUT2D eigenvalue weighted by molar-refractivity contribution is -0.172. The highest BCUT2D eigenvalue weighted by Crippen LogP contribution is 2.43. The molecule has 178 valence electrons. The van der Waals surface area contributed by atoms with E-state index in [9.17, 15) is 19.8 Å². The molecule has 0 fully saturated rings. The molecule has 0 unspecified atom stereocenters. The Bertz CT molecular complexity index is 1640. The van der Waals surface area contributed by atoms with Crippen LogP contribution < -0.4 is 5.56 Å². The summed E-state index contributed by atoms with van der Waals surface area (Å²) in [7, 11) is 0. The van der Waals surface area contributed by atoms with Gasteiger partial charge in [0.1, 0.15) is 6.61 Å². The van der Waals surface area contributed by atoms with Gasteiger partial charge >= 0.3 is 5.97 Å². The van der Waals surface area contributed by atoms with Crippen LogP contribution in [0.5, 0.6) is 0 Å². The summed E-state index contributed by atoms with van der Waals surface area (Å²) in [6, 6.07) is 11.7. The van der Waals surface area contributed by atoms with E-state index in [0.29, 0.717) is 29.1 Å². The van der Waals surface area contributed by atoms with Crippen molar-refractivity contribution < 1.29 is 19.7 Å². The van der Waals surface area contributed by atoms with Gasteiger partial charge in [0.05, 0.1) is 35.6 Å². The Labute approximate surface area is 201 Å². The van der Waals surface area contributed by atoms with Crippen molar-refractivity contribution in [2.24, 2.45) is 0 Å². The van der Waals surface area contributed by atoms with E-state index in [-0.39, 0.29) is 31.1 Å². The molecule has 0 bridgehead atoms. The number of aliphatic hydroxyl groups is 2. The first kappa shape index (κ1) is 21.9. The van der Waals surface area contributed by atoms with E-state index >= 15 is 0 Å². The zero-order valence-electron chi connectivity index (χ0n) is 19.9. The van der Waals surface area contributed by atoms with Crippen LogP contribution in [-0.4, -0.2) is 25.7 Å². The number of nitrogens with zero attached hydrogens (tertiary/aromatic N) is 2. The van der Waals surface area contributed by atoms with Gasteiger partial charge in [0.25, 0.3) is 5.56 Å². The van der Waals surface area contributed by atoms with Gasteiger partial charge in [-0.2, -0.15) is 0 Å². The molecular formula is C28H26N2O5. The lowest BCUT2D eigenvalue weighted by atomic mass is 9.85. The number of carbonyl (C=O) groups is 1. The Hall–Kier alpha value is -3.55. The van der Waals surface area contributed by atoms with Crippen molar-refractivity contribution in [2.45, 2.75) is 58.5 Å². The average Bonchev–Trinajstić information content (AvgIpc) is 3.23. The summed E-state index contributed by atoms with van der Waals surface area (Å²) >= 11 is 0. The Balaban J connectivity index is 1.70. The fourth-order valence-corrected chi connectivity index (χ4v) is 5.72. The molecule has 35 heavy (non-hydrogen) atoms. The second kappa shape index (κ2) is 7.47. The van der Waals surface area contributed by atoms with Crippen molar-refractivity contribution >= 4 is 27.6 Å². The Kier molecular flexibility index (Phi) is 4.69. The third kappa shape index (κ3) is 2.88. The minimum absolute atomic E-state index is 0.0464. The molecule has 4 aromatic rings. The first-order chi connectivity index (χ1) is 16.8. The molecule has 0 saturated carbocycles. The molecule has 7 nitrogen and oxygen atoms in total. The van der Waals surface area contributed by atoms with Gasteiger partial charge in [0.15, 0.2) is 5.60 Å². The molecule has 0 aliphatic carbocycles. The number of cyclic esters (lactones) is 1. The smallest absolute Gasteiger partial charge is 0.343 e. The van der Waals surface area contributed by atoms with Crippen molar-refractivity contribution in [1.29, 1.82) is 0 Å². The van der Waals surface area contributed by atoms with E-state index in [4.69, 9.17) is 9.72 Å². The van der Waals surface area contributed by atoms with Gasteiger partial charge in [-0.25, -0.2) is 9.78 Å². The molecule has 2 aromatic heterocycles. The zero-order valence-corrected chi connectivity index (χ0v) is 19.9. The normalized spacial score (nSPS) is 18.6. The molecule has 7 heteroatoms. The van der Waals surface area contributed by atoms with E-state index in [0.717, 1.165) is 38.4 Å². The van der Waals surface area contributed by atoms with Crippen molar-refractivity contribution in [3.63, 3.8) is 0 Å². The minimum atomic E-state index is -1.85. The summed E-state index contributed by atoms with van der Waals surface area (Å²) in [6.45, 7) is 6.12. The Morgan fingerprint density at radius 3 is 2.63 bits per heavy atom. The second-order valence-electron chi connectivity index (χ2n) is 9.78. The van der Waals surface area contributed by atoms with E-state index in [1.165, 1.54) is 0 Å².